The summed E-state index contributed by atoms with van der Waals surface area (Å²) in [6.07, 6.45) is 0.778. The zero-order valence-electron chi connectivity index (χ0n) is 13.4. The summed E-state index contributed by atoms with van der Waals surface area (Å²) in [5.74, 6) is 0.949. The van der Waals surface area contributed by atoms with Gasteiger partial charge in [-0.25, -0.2) is 0 Å². The summed E-state index contributed by atoms with van der Waals surface area (Å²) in [6.45, 7) is 2.79. The predicted octanol–water partition coefficient (Wildman–Crippen LogP) is 5.76. The standard InChI is InChI=1S/C19H19Cl2NOS/c1-2-14(13-7-4-3-5-8-13)18(23)22-11-12-24-19(22)15-9-6-10-16(20)17(15)21/h3-10,14,19H,2,11-12H2,1H3. The number of hydrogen-bond donors (Lipinski definition) is 0. The zero-order valence-corrected chi connectivity index (χ0v) is 15.7. The van der Waals surface area contributed by atoms with Crippen LogP contribution in [0.25, 0.3) is 0 Å². The summed E-state index contributed by atoms with van der Waals surface area (Å²) in [7, 11) is 0. The molecular weight excluding hydrogens is 361 g/mol. The third-order valence-corrected chi connectivity index (χ3v) is 6.41. The van der Waals surface area contributed by atoms with Crippen LogP contribution < -0.4 is 0 Å². The van der Waals surface area contributed by atoms with Crippen molar-refractivity contribution < 1.29 is 4.79 Å². The number of amides is 1. The average Bonchev–Trinajstić information content (AvgIpc) is 3.08. The van der Waals surface area contributed by atoms with E-state index in [1.807, 2.05) is 47.4 Å². The van der Waals surface area contributed by atoms with Crippen LogP contribution in [0.15, 0.2) is 48.5 Å². The molecule has 0 N–H and O–H groups in total. The Morgan fingerprint density at radius 1 is 1.21 bits per heavy atom. The quantitative estimate of drug-likeness (QED) is 0.672. The smallest absolute Gasteiger partial charge is 0.231 e. The second-order valence-corrected chi connectivity index (χ2v) is 7.74. The highest BCUT2D eigenvalue weighted by Gasteiger charge is 2.35. The Balaban J connectivity index is 1.89. The van der Waals surface area contributed by atoms with Crippen molar-refractivity contribution in [1.29, 1.82) is 0 Å². The van der Waals surface area contributed by atoms with Gasteiger partial charge in [0.15, 0.2) is 0 Å². The average molecular weight is 380 g/mol. The maximum Gasteiger partial charge on any atom is 0.231 e. The SMILES string of the molecule is CCC(C(=O)N1CCSC1c1cccc(Cl)c1Cl)c1ccccc1. The lowest BCUT2D eigenvalue weighted by Crippen LogP contribution is -2.34. The van der Waals surface area contributed by atoms with Gasteiger partial charge in [0.05, 0.1) is 16.0 Å². The second kappa shape index (κ2) is 7.81. The highest BCUT2D eigenvalue weighted by molar-refractivity contribution is 7.99. The van der Waals surface area contributed by atoms with Crippen molar-refractivity contribution >= 4 is 40.9 Å². The molecule has 24 heavy (non-hydrogen) atoms. The number of halogens is 2. The van der Waals surface area contributed by atoms with Gasteiger partial charge < -0.3 is 4.90 Å². The second-order valence-electron chi connectivity index (χ2n) is 5.77. The minimum atomic E-state index is -0.120. The molecule has 0 bridgehead atoms. The fourth-order valence-electron chi connectivity index (χ4n) is 3.10. The van der Waals surface area contributed by atoms with E-state index in [0.717, 1.165) is 29.8 Å². The van der Waals surface area contributed by atoms with Crippen molar-refractivity contribution in [3.05, 3.63) is 69.7 Å². The highest BCUT2D eigenvalue weighted by Crippen LogP contribution is 2.44. The Kier molecular flexibility index (Phi) is 5.75. The largest absolute Gasteiger partial charge is 0.325 e. The number of benzene rings is 2. The van der Waals surface area contributed by atoms with E-state index < -0.39 is 0 Å². The van der Waals surface area contributed by atoms with Gasteiger partial charge in [0.2, 0.25) is 5.91 Å². The molecule has 0 radical (unpaired) electrons. The zero-order chi connectivity index (χ0) is 17.1. The van der Waals surface area contributed by atoms with Crippen molar-refractivity contribution in [2.45, 2.75) is 24.6 Å². The molecule has 0 aromatic heterocycles. The molecule has 126 valence electrons. The van der Waals surface area contributed by atoms with E-state index in [2.05, 4.69) is 6.92 Å². The lowest BCUT2D eigenvalue weighted by molar-refractivity contribution is -0.133. The lowest BCUT2D eigenvalue weighted by atomic mass is 9.95. The molecule has 5 heteroatoms. The number of thioether (sulfide) groups is 1. The first kappa shape index (κ1) is 17.7. The van der Waals surface area contributed by atoms with Gasteiger partial charge in [0.1, 0.15) is 5.37 Å². The molecule has 1 heterocycles. The van der Waals surface area contributed by atoms with Crippen LogP contribution in [-0.4, -0.2) is 23.1 Å². The van der Waals surface area contributed by atoms with Gasteiger partial charge in [0.25, 0.3) is 0 Å². The summed E-state index contributed by atoms with van der Waals surface area (Å²) in [4.78, 5) is 15.1. The van der Waals surface area contributed by atoms with E-state index in [1.165, 1.54) is 0 Å². The molecule has 2 aromatic rings. The highest BCUT2D eigenvalue weighted by atomic mass is 35.5. The Hall–Kier alpha value is -1.16. The molecular formula is C19H19Cl2NOS. The first-order chi connectivity index (χ1) is 11.6. The molecule has 0 saturated carbocycles. The van der Waals surface area contributed by atoms with Crippen molar-refractivity contribution in [3.8, 4) is 0 Å². The number of nitrogens with zero attached hydrogens (tertiary/aromatic N) is 1. The Morgan fingerprint density at radius 2 is 1.96 bits per heavy atom. The lowest BCUT2D eigenvalue weighted by Gasteiger charge is -2.29. The van der Waals surface area contributed by atoms with E-state index in [1.54, 1.807) is 17.8 Å². The summed E-state index contributed by atoms with van der Waals surface area (Å²) in [5, 5.41) is 1.01. The molecule has 1 aliphatic heterocycles. The van der Waals surface area contributed by atoms with Crippen LogP contribution in [0.5, 0.6) is 0 Å². The van der Waals surface area contributed by atoms with Gasteiger partial charge in [-0.1, -0.05) is 72.6 Å². The Morgan fingerprint density at radius 3 is 2.67 bits per heavy atom. The van der Waals surface area contributed by atoms with Gasteiger partial charge in [-0.15, -0.1) is 11.8 Å². The molecule has 1 saturated heterocycles. The van der Waals surface area contributed by atoms with E-state index >= 15 is 0 Å². The minimum absolute atomic E-state index is 0.0681. The molecule has 2 nitrogen and oxygen atoms in total. The fourth-order valence-corrected chi connectivity index (χ4v) is 4.87. The molecule has 1 aliphatic rings. The van der Waals surface area contributed by atoms with Crippen LogP contribution in [-0.2, 0) is 4.79 Å². The molecule has 3 rings (SSSR count). The summed E-state index contributed by atoms with van der Waals surface area (Å²) >= 11 is 14.3. The van der Waals surface area contributed by atoms with Crippen molar-refractivity contribution in [2.75, 3.05) is 12.3 Å². The van der Waals surface area contributed by atoms with Gasteiger partial charge in [0, 0.05) is 17.9 Å². The topological polar surface area (TPSA) is 20.3 Å². The number of rotatable bonds is 4. The van der Waals surface area contributed by atoms with E-state index in [-0.39, 0.29) is 17.2 Å². The Bertz CT molecular complexity index is 723. The third kappa shape index (κ3) is 3.44. The fraction of sp³-hybridized carbons (Fsp3) is 0.316. The molecule has 0 aliphatic carbocycles. The molecule has 2 aromatic carbocycles. The molecule has 2 unspecified atom stereocenters. The van der Waals surface area contributed by atoms with Crippen LogP contribution in [0.2, 0.25) is 10.0 Å². The van der Waals surface area contributed by atoms with Crippen LogP contribution in [0.4, 0.5) is 0 Å². The van der Waals surface area contributed by atoms with Crippen LogP contribution >= 0.6 is 35.0 Å². The van der Waals surface area contributed by atoms with Crippen LogP contribution in [0.3, 0.4) is 0 Å². The number of carbonyl (C=O) groups is 1. The van der Waals surface area contributed by atoms with Crippen LogP contribution in [0.1, 0.15) is 35.8 Å². The van der Waals surface area contributed by atoms with Crippen molar-refractivity contribution in [1.82, 2.24) is 4.90 Å². The van der Waals surface area contributed by atoms with E-state index in [0.29, 0.717) is 10.0 Å². The molecule has 2 atom stereocenters. The van der Waals surface area contributed by atoms with Crippen molar-refractivity contribution in [3.63, 3.8) is 0 Å². The molecule has 1 amide bonds. The summed E-state index contributed by atoms with van der Waals surface area (Å²) < 4.78 is 0. The first-order valence-corrected chi connectivity index (χ1v) is 9.85. The van der Waals surface area contributed by atoms with E-state index in [9.17, 15) is 4.79 Å². The Labute approximate surface area is 157 Å². The minimum Gasteiger partial charge on any atom is -0.325 e. The first-order valence-electron chi connectivity index (χ1n) is 8.04. The monoisotopic (exact) mass is 379 g/mol. The number of carbonyl (C=O) groups excluding carboxylic acids is 1. The van der Waals surface area contributed by atoms with Crippen LogP contribution in [0, 0.1) is 0 Å². The third-order valence-electron chi connectivity index (χ3n) is 4.33. The normalized spacial score (nSPS) is 18.6. The summed E-state index contributed by atoms with van der Waals surface area (Å²) in [6, 6.07) is 15.6. The maximum absolute atomic E-state index is 13.2. The van der Waals surface area contributed by atoms with Crippen molar-refractivity contribution in [2.24, 2.45) is 0 Å². The van der Waals surface area contributed by atoms with E-state index in [4.69, 9.17) is 23.2 Å². The molecule has 0 spiro atoms. The molecule has 1 fully saturated rings. The van der Waals surface area contributed by atoms with Gasteiger partial charge >= 0.3 is 0 Å². The predicted molar refractivity (Wildman–Crippen MR) is 103 cm³/mol. The maximum atomic E-state index is 13.2. The van der Waals surface area contributed by atoms with Gasteiger partial charge in [-0.3, -0.25) is 4.79 Å². The number of hydrogen-bond acceptors (Lipinski definition) is 2. The van der Waals surface area contributed by atoms with Gasteiger partial charge in [-0.2, -0.15) is 0 Å². The summed E-state index contributed by atoms with van der Waals surface area (Å²) in [5.41, 5.74) is 1.99. The van der Waals surface area contributed by atoms with Gasteiger partial charge in [-0.05, 0) is 18.1 Å².